The van der Waals surface area contributed by atoms with Crippen molar-refractivity contribution in [2.75, 3.05) is 17.2 Å². The molecule has 6 heteroatoms. The number of aryl methyl sites for hydroxylation is 1. The number of aromatic nitrogens is 1. The van der Waals surface area contributed by atoms with Gasteiger partial charge in [-0.1, -0.05) is 6.07 Å². The molecule has 0 spiro atoms. The van der Waals surface area contributed by atoms with E-state index in [4.69, 9.17) is 5.73 Å². The van der Waals surface area contributed by atoms with Crippen molar-refractivity contribution in [2.24, 2.45) is 7.05 Å². The summed E-state index contributed by atoms with van der Waals surface area (Å²) < 4.78 is 1.44. The van der Waals surface area contributed by atoms with Crippen molar-refractivity contribution in [1.29, 1.82) is 0 Å². The van der Waals surface area contributed by atoms with Crippen LogP contribution in [-0.4, -0.2) is 17.0 Å². The molecule has 0 unspecified atom stereocenters. The van der Waals surface area contributed by atoms with Crippen LogP contribution in [-0.2, 0) is 13.5 Å². The lowest BCUT2D eigenvalue weighted by atomic mass is 9.99. The molecule has 2 N–H and O–H groups in total. The minimum Gasteiger partial charge on any atom is -0.398 e. The first kappa shape index (κ1) is 16.1. The van der Waals surface area contributed by atoms with Crippen LogP contribution in [0.15, 0.2) is 41.3 Å². The fourth-order valence-corrected chi connectivity index (χ4v) is 2.70. The third-order valence-corrected chi connectivity index (χ3v) is 3.88. The van der Waals surface area contributed by atoms with Crippen LogP contribution in [0, 0.1) is 0 Å². The van der Waals surface area contributed by atoms with Crippen LogP contribution in [0.2, 0.25) is 0 Å². The van der Waals surface area contributed by atoms with E-state index < -0.39 is 0 Å². The zero-order valence-electron chi connectivity index (χ0n) is 12.3. The molecule has 2 heterocycles. The highest BCUT2D eigenvalue weighted by Crippen LogP contribution is 2.32. The summed E-state index contributed by atoms with van der Waals surface area (Å²) in [6.07, 6.45) is 3.36. The Morgan fingerprint density at radius 2 is 2.05 bits per heavy atom. The van der Waals surface area contributed by atoms with Crippen molar-refractivity contribution < 1.29 is 4.79 Å². The van der Waals surface area contributed by atoms with Gasteiger partial charge in [-0.3, -0.25) is 9.59 Å². The van der Waals surface area contributed by atoms with Crippen LogP contribution in [0.3, 0.4) is 0 Å². The van der Waals surface area contributed by atoms with Gasteiger partial charge in [-0.2, -0.15) is 0 Å². The summed E-state index contributed by atoms with van der Waals surface area (Å²) >= 11 is 0. The standard InChI is InChI=1S/C16H17N3O2.ClH/c1-18-9-7-11(10-15(18)20)16(21)19-8-3-4-12-13(17)5-2-6-14(12)19;/h2,5-7,9-10H,3-4,8,17H2,1H3;1H. The monoisotopic (exact) mass is 319 g/mol. The maximum absolute atomic E-state index is 12.7. The number of hydrogen-bond acceptors (Lipinski definition) is 3. The number of halogens is 1. The number of carbonyl (C=O) groups excluding carboxylic acids is 1. The van der Waals surface area contributed by atoms with Gasteiger partial charge in [-0.15, -0.1) is 12.4 Å². The lowest BCUT2D eigenvalue weighted by Gasteiger charge is -2.30. The number of benzene rings is 1. The molecule has 0 fully saturated rings. The molecule has 1 aliphatic heterocycles. The quantitative estimate of drug-likeness (QED) is 0.817. The highest BCUT2D eigenvalue weighted by atomic mass is 35.5. The van der Waals surface area contributed by atoms with E-state index >= 15 is 0 Å². The van der Waals surface area contributed by atoms with Crippen molar-refractivity contribution in [2.45, 2.75) is 12.8 Å². The summed E-state index contributed by atoms with van der Waals surface area (Å²) in [6.45, 7) is 0.643. The Bertz CT molecular complexity index is 770. The largest absolute Gasteiger partial charge is 0.398 e. The smallest absolute Gasteiger partial charge is 0.258 e. The number of rotatable bonds is 1. The van der Waals surface area contributed by atoms with E-state index in [1.807, 2.05) is 18.2 Å². The SMILES string of the molecule is Cl.Cn1ccc(C(=O)N2CCCc3c(N)cccc32)cc1=O. The number of fused-ring (bicyclic) bond motifs is 1. The van der Waals surface area contributed by atoms with E-state index in [1.165, 1.54) is 10.6 Å². The highest BCUT2D eigenvalue weighted by molar-refractivity contribution is 6.07. The maximum atomic E-state index is 12.7. The molecule has 0 aliphatic carbocycles. The van der Waals surface area contributed by atoms with Crippen LogP contribution in [0.5, 0.6) is 0 Å². The first-order valence-corrected chi connectivity index (χ1v) is 6.94. The van der Waals surface area contributed by atoms with Crippen molar-refractivity contribution in [3.63, 3.8) is 0 Å². The van der Waals surface area contributed by atoms with Gasteiger partial charge in [0, 0.05) is 42.8 Å². The van der Waals surface area contributed by atoms with Gasteiger partial charge in [0.15, 0.2) is 0 Å². The number of nitrogens with zero attached hydrogens (tertiary/aromatic N) is 2. The highest BCUT2D eigenvalue weighted by Gasteiger charge is 2.24. The van der Waals surface area contributed by atoms with Crippen LogP contribution in [0.4, 0.5) is 11.4 Å². The summed E-state index contributed by atoms with van der Waals surface area (Å²) in [5, 5.41) is 0. The van der Waals surface area contributed by atoms with Gasteiger partial charge in [-0.25, -0.2) is 0 Å². The fraction of sp³-hybridized carbons (Fsp3) is 0.250. The minimum absolute atomic E-state index is 0. The van der Waals surface area contributed by atoms with Gasteiger partial charge in [0.05, 0.1) is 0 Å². The van der Waals surface area contributed by atoms with E-state index in [9.17, 15) is 9.59 Å². The molecule has 1 aromatic heterocycles. The third-order valence-electron chi connectivity index (χ3n) is 3.88. The molecule has 5 nitrogen and oxygen atoms in total. The Labute approximate surface area is 134 Å². The molecule has 0 radical (unpaired) electrons. The molecule has 22 heavy (non-hydrogen) atoms. The van der Waals surface area contributed by atoms with E-state index in [0.717, 1.165) is 24.1 Å². The molecule has 1 aromatic carbocycles. The van der Waals surface area contributed by atoms with Crippen LogP contribution in [0.25, 0.3) is 0 Å². The van der Waals surface area contributed by atoms with Gasteiger partial charge in [-0.05, 0) is 36.6 Å². The molecule has 0 saturated heterocycles. The summed E-state index contributed by atoms with van der Waals surface area (Å²) in [5.74, 6) is -0.153. The first-order valence-electron chi connectivity index (χ1n) is 6.94. The van der Waals surface area contributed by atoms with Gasteiger partial charge >= 0.3 is 0 Å². The first-order chi connectivity index (χ1) is 10.1. The van der Waals surface area contributed by atoms with E-state index in [2.05, 4.69) is 0 Å². The zero-order chi connectivity index (χ0) is 15.0. The number of carbonyl (C=O) groups is 1. The van der Waals surface area contributed by atoms with E-state index in [-0.39, 0.29) is 23.9 Å². The van der Waals surface area contributed by atoms with Gasteiger partial charge < -0.3 is 15.2 Å². The molecule has 116 valence electrons. The minimum atomic E-state index is -0.189. The van der Waals surface area contributed by atoms with Gasteiger partial charge in [0.2, 0.25) is 0 Å². The van der Waals surface area contributed by atoms with Crippen LogP contribution in [0.1, 0.15) is 22.3 Å². The van der Waals surface area contributed by atoms with Crippen LogP contribution >= 0.6 is 12.4 Å². The number of amides is 1. The topological polar surface area (TPSA) is 68.3 Å². The maximum Gasteiger partial charge on any atom is 0.258 e. The summed E-state index contributed by atoms with van der Waals surface area (Å²) in [7, 11) is 1.66. The normalized spacial score (nSPS) is 13.2. The molecular formula is C16H18ClN3O2. The second-order valence-corrected chi connectivity index (χ2v) is 5.27. The second-order valence-electron chi connectivity index (χ2n) is 5.27. The number of hydrogen-bond donors (Lipinski definition) is 1. The Morgan fingerprint density at radius 1 is 1.27 bits per heavy atom. The van der Waals surface area contributed by atoms with Crippen molar-refractivity contribution in [1.82, 2.24) is 4.57 Å². The average Bonchev–Trinajstić information content (AvgIpc) is 2.49. The number of nitrogen functional groups attached to an aromatic ring is 1. The lowest BCUT2D eigenvalue weighted by molar-refractivity contribution is 0.0985. The van der Waals surface area contributed by atoms with Gasteiger partial charge in [0.1, 0.15) is 0 Å². The van der Waals surface area contributed by atoms with E-state index in [1.54, 1.807) is 24.2 Å². The molecule has 1 aliphatic rings. The predicted octanol–water partition coefficient (Wildman–Crippen LogP) is 1.98. The van der Waals surface area contributed by atoms with E-state index in [0.29, 0.717) is 17.8 Å². The molecule has 1 amide bonds. The Morgan fingerprint density at radius 3 is 2.77 bits per heavy atom. The molecule has 0 bridgehead atoms. The summed E-state index contributed by atoms with van der Waals surface area (Å²) in [4.78, 5) is 26.1. The average molecular weight is 320 g/mol. The number of nitrogens with two attached hydrogens (primary N) is 1. The van der Waals surface area contributed by atoms with Crippen molar-refractivity contribution in [3.8, 4) is 0 Å². The number of pyridine rings is 1. The number of anilines is 2. The van der Waals surface area contributed by atoms with Crippen molar-refractivity contribution >= 4 is 29.7 Å². The Balaban J connectivity index is 0.00000176. The lowest BCUT2D eigenvalue weighted by Crippen LogP contribution is -2.36. The molecule has 2 aromatic rings. The summed E-state index contributed by atoms with van der Waals surface area (Å²) in [5.41, 5.74) is 8.80. The molecule has 3 rings (SSSR count). The van der Waals surface area contributed by atoms with Crippen LogP contribution < -0.4 is 16.2 Å². The molecular weight excluding hydrogens is 302 g/mol. The summed E-state index contributed by atoms with van der Waals surface area (Å²) in [6, 6.07) is 8.66. The fourth-order valence-electron chi connectivity index (χ4n) is 2.70. The van der Waals surface area contributed by atoms with Gasteiger partial charge in [0.25, 0.3) is 11.5 Å². The predicted molar refractivity (Wildman–Crippen MR) is 89.8 cm³/mol. The Hall–Kier alpha value is -2.27. The Kier molecular flexibility index (Phi) is 4.56. The molecule has 0 atom stereocenters. The zero-order valence-corrected chi connectivity index (χ0v) is 13.1. The second kappa shape index (κ2) is 6.23. The van der Waals surface area contributed by atoms with Crippen molar-refractivity contribution in [3.05, 3.63) is 58.0 Å². The molecule has 0 saturated carbocycles. The third kappa shape index (κ3) is 2.72.